The summed E-state index contributed by atoms with van der Waals surface area (Å²) in [7, 11) is -3.09. The van der Waals surface area contributed by atoms with E-state index >= 15 is 0 Å². The van der Waals surface area contributed by atoms with Gasteiger partial charge in [0.2, 0.25) is 0 Å². The minimum Gasteiger partial charge on any atom is -0.396 e. The van der Waals surface area contributed by atoms with Crippen LogP contribution in [0.1, 0.15) is 44.9 Å². The Kier molecular flexibility index (Phi) is 7.75. The molecule has 3 nitrogen and oxygen atoms in total. The van der Waals surface area contributed by atoms with Crippen molar-refractivity contribution in [2.24, 2.45) is 0 Å². The highest BCUT2D eigenvalue weighted by Crippen LogP contribution is 2.13. The van der Waals surface area contributed by atoms with Gasteiger partial charge in [-0.2, -0.15) is 0 Å². The van der Waals surface area contributed by atoms with Gasteiger partial charge in [-0.15, -0.1) is 0 Å². The number of aliphatic hydroxyl groups is 1. The first kappa shape index (κ1) is 16.2. The molecule has 1 aromatic rings. The van der Waals surface area contributed by atoms with Crippen LogP contribution in [0.25, 0.3) is 0 Å². The Hall–Kier alpha value is -0.870. The zero-order chi connectivity index (χ0) is 14.0. The van der Waals surface area contributed by atoms with E-state index in [0.717, 1.165) is 44.9 Å². The van der Waals surface area contributed by atoms with E-state index in [9.17, 15) is 8.42 Å². The first-order valence-corrected chi connectivity index (χ1v) is 8.71. The predicted molar refractivity (Wildman–Crippen MR) is 77.9 cm³/mol. The topological polar surface area (TPSA) is 54.4 Å². The van der Waals surface area contributed by atoms with E-state index in [-0.39, 0.29) is 12.4 Å². The third kappa shape index (κ3) is 6.73. The molecule has 19 heavy (non-hydrogen) atoms. The van der Waals surface area contributed by atoms with E-state index in [0.29, 0.717) is 4.90 Å². The van der Waals surface area contributed by atoms with E-state index in [2.05, 4.69) is 0 Å². The van der Waals surface area contributed by atoms with Gasteiger partial charge in [-0.05, 0) is 25.0 Å². The lowest BCUT2D eigenvalue weighted by Gasteiger charge is -2.04. The Morgan fingerprint density at radius 3 is 1.89 bits per heavy atom. The summed E-state index contributed by atoms with van der Waals surface area (Å²) in [6.45, 7) is 0.273. The second kappa shape index (κ2) is 9.10. The number of unbranched alkanes of at least 4 members (excludes halogenated alkanes) is 6. The van der Waals surface area contributed by atoms with Crippen LogP contribution in [0.4, 0.5) is 0 Å². The lowest BCUT2D eigenvalue weighted by molar-refractivity contribution is 0.282. The number of hydrogen-bond donors (Lipinski definition) is 1. The maximum Gasteiger partial charge on any atom is 0.178 e. The molecule has 0 bridgehead atoms. The molecule has 0 aliphatic carbocycles. The average molecular weight is 284 g/mol. The van der Waals surface area contributed by atoms with Crippen molar-refractivity contribution in [2.75, 3.05) is 12.4 Å². The Morgan fingerprint density at radius 2 is 1.32 bits per heavy atom. The molecule has 0 atom stereocenters. The van der Waals surface area contributed by atoms with Gasteiger partial charge < -0.3 is 5.11 Å². The van der Waals surface area contributed by atoms with Gasteiger partial charge in [-0.3, -0.25) is 0 Å². The van der Waals surface area contributed by atoms with E-state index < -0.39 is 9.84 Å². The van der Waals surface area contributed by atoms with Crippen molar-refractivity contribution < 1.29 is 13.5 Å². The van der Waals surface area contributed by atoms with Gasteiger partial charge >= 0.3 is 0 Å². The van der Waals surface area contributed by atoms with Crippen LogP contribution < -0.4 is 0 Å². The largest absolute Gasteiger partial charge is 0.396 e. The molecule has 0 unspecified atom stereocenters. The molecule has 0 fully saturated rings. The lowest BCUT2D eigenvalue weighted by atomic mass is 10.1. The minimum atomic E-state index is -3.09. The van der Waals surface area contributed by atoms with Gasteiger partial charge in [-0.25, -0.2) is 8.42 Å². The average Bonchev–Trinajstić information content (AvgIpc) is 2.43. The van der Waals surface area contributed by atoms with Crippen molar-refractivity contribution in [2.45, 2.75) is 49.8 Å². The monoisotopic (exact) mass is 284 g/mol. The summed E-state index contributed by atoms with van der Waals surface area (Å²) in [5.41, 5.74) is 0. The molecule has 0 heterocycles. The first-order chi connectivity index (χ1) is 9.17. The van der Waals surface area contributed by atoms with Gasteiger partial charge in [0.25, 0.3) is 0 Å². The Morgan fingerprint density at radius 1 is 0.789 bits per heavy atom. The van der Waals surface area contributed by atoms with Gasteiger partial charge in [-0.1, -0.05) is 50.3 Å². The van der Waals surface area contributed by atoms with Gasteiger partial charge in [0.15, 0.2) is 9.84 Å². The second-order valence-corrected chi connectivity index (χ2v) is 6.94. The molecule has 0 aliphatic rings. The lowest BCUT2D eigenvalue weighted by Crippen LogP contribution is -2.06. The standard InChI is InChI=1S/C15H24O3S/c16-13-9-4-2-1-3-5-10-14-19(17,18)15-11-7-6-8-12-15/h6-8,11-12,16H,1-5,9-10,13-14H2. The highest BCUT2D eigenvalue weighted by Gasteiger charge is 2.12. The molecule has 0 aromatic heterocycles. The van der Waals surface area contributed by atoms with Crippen molar-refractivity contribution in [3.05, 3.63) is 30.3 Å². The fraction of sp³-hybridized carbons (Fsp3) is 0.600. The fourth-order valence-electron chi connectivity index (χ4n) is 2.03. The van der Waals surface area contributed by atoms with Crippen molar-refractivity contribution in [3.63, 3.8) is 0 Å². The molecule has 0 saturated carbocycles. The fourth-order valence-corrected chi connectivity index (χ4v) is 3.43. The van der Waals surface area contributed by atoms with Crippen molar-refractivity contribution in [1.29, 1.82) is 0 Å². The normalized spacial score (nSPS) is 11.6. The quantitative estimate of drug-likeness (QED) is 0.671. The Bertz CT molecular complexity index is 426. The van der Waals surface area contributed by atoms with Crippen LogP contribution in [0.5, 0.6) is 0 Å². The highest BCUT2D eigenvalue weighted by molar-refractivity contribution is 7.91. The Balaban J connectivity index is 2.15. The van der Waals surface area contributed by atoms with Gasteiger partial charge in [0.05, 0.1) is 10.6 Å². The summed E-state index contributed by atoms with van der Waals surface area (Å²) in [5, 5.41) is 8.64. The number of sulfone groups is 1. The number of benzene rings is 1. The maximum absolute atomic E-state index is 12.0. The summed E-state index contributed by atoms with van der Waals surface area (Å²) < 4.78 is 24.0. The Labute approximate surface area is 116 Å². The molecule has 108 valence electrons. The maximum atomic E-state index is 12.0. The zero-order valence-corrected chi connectivity index (χ0v) is 12.2. The van der Waals surface area contributed by atoms with Crippen LogP contribution in [0, 0.1) is 0 Å². The number of rotatable bonds is 10. The van der Waals surface area contributed by atoms with E-state index in [1.165, 1.54) is 0 Å². The summed E-state index contributed by atoms with van der Waals surface area (Å²) in [6, 6.07) is 8.65. The molecular formula is C15H24O3S. The van der Waals surface area contributed by atoms with E-state index in [4.69, 9.17) is 5.11 Å². The molecule has 0 amide bonds. The minimum absolute atomic E-state index is 0.244. The van der Waals surface area contributed by atoms with Gasteiger partial charge in [0, 0.05) is 6.61 Å². The molecule has 4 heteroatoms. The predicted octanol–water partition coefficient (Wildman–Crippen LogP) is 3.18. The summed E-state index contributed by atoms with van der Waals surface area (Å²) in [4.78, 5) is 0.429. The summed E-state index contributed by atoms with van der Waals surface area (Å²) in [6.07, 6.45) is 6.98. The van der Waals surface area contributed by atoms with Crippen LogP contribution in [0.3, 0.4) is 0 Å². The molecule has 1 aromatic carbocycles. The molecule has 0 spiro atoms. The number of hydrogen-bond acceptors (Lipinski definition) is 3. The molecular weight excluding hydrogens is 260 g/mol. The van der Waals surface area contributed by atoms with Crippen LogP contribution >= 0.6 is 0 Å². The second-order valence-electron chi connectivity index (χ2n) is 4.83. The highest BCUT2D eigenvalue weighted by atomic mass is 32.2. The summed E-state index contributed by atoms with van der Waals surface area (Å²) >= 11 is 0. The third-order valence-electron chi connectivity index (χ3n) is 3.17. The zero-order valence-electron chi connectivity index (χ0n) is 11.4. The smallest absolute Gasteiger partial charge is 0.178 e. The van der Waals surface area contributed by atoms with Crippen LogP contribution in [-0.4, -0.2) is 25.9 Å². The molecule has 1 rings (SSSR count). The van der Waals surface area contributed by atoms with Gasteiger partial charge in [0.1, 0.15) is 0 Å². The number of aliphatic hydroxyl groups excluding tert-OH is 1. The van der Waals surface area contributed by atoms with Crippen molar-refractivity contribution in [1.82, 2.24) is 0 Å². The molecule has 0 radical (unpaired) electrons. The van der Waals surface area contributed by atoms with Crippen LogP contribution in [0.15, 0.2) is 35.2 Å². The molecule has 1 N–H and O–H groups in total. The van der Waals surface area contributed by atoms with Crippen LogP contribution in [0.2, 0.25) is 0 Å². The SMILES string of the molecule is O=S(=O)(CCCCCCCCCO)c1ccccc1. The molecule has 0 saturated heterocycles. The van der Waals surface area contributed by atoms with E-state index in [1.54, 1.807) is 24.3 Å². The summed E-state index contributed by atoms with van der Waals surface area (Å²) in [5.74, 6) is 0.244. The first-order valence-electron chi connectivity index (χ1n) is 7.05. The van der Waals surface area contributed by atoms with Crippen molar-refractivity contribution >= 4 is 9.84 Å². The molecule has 0 aliphatic heterocycles. The van der Waals surface area contributed by atoms with Crippen molar-refractivity contribution in [3.8, 4) is 0 Å². The van der Waals surface area contributed by atoms with E-state index in [1.807, 2.05) is 6.07 Å². The third-order valence-corrected chi connectivity index (χ3v) is 4.99. The van der Waals surface area contributed by atoms with Crippen LogP contribution in [-0.2, 0) is 9.84 Å².